The van der Waals surface area contributed by atoms with Crippen LogP contribution < -0.4 is 5.32 Å². The molecule has 18 heavy (non-hydrogen) atoms. The highest BCUT2D eigenvalue weighted by atomic mass is 79.9. The van der Waals surface area contributed by atoms with E-state index in [1.54, 1.807) is 11.3 Å². The van der Waals surface area contributed by atoms with Crippen molar-refractivity contribution in [3.05, 3.63) is 54.6 Å². The molecule has 0 aliphatic rings. The van der Waals surface area contributed by atoms with Gasteiger partial charge in [-0.1, -0.05) is 33.6 Å². The largest absolute Gasteiger partial charge is 0.309 e. The first-order chi connectivity index (χ1) is 8.52. The molecule has 0 bridgehead atoms. The Morgan fingerprint density at radius 3 is 2.44 bits per heavy atom. The van der Waals surface area contributed by atoms with E-state index < -0.39 is 0 Å². The Balaban J connectivity index is 2.45. The lowest BCUT2D eigenvalue weighted by Gasteiger charge is -2.17. The van der Waals surface area contributed by atoms with E-state index in [2.05, 4.69) is 52.4 Å². The van der Waals surface area contributed by atoms with Gasteiger partial charge in [0.25, 0.3) is 0 Å². The molecule has 1 aromatic carbocycles. The third-order valence-corrected chi connectivity index (χ3v) is 5.11. The van der Waals surface area contributed by atoms with E-state index in [0.29, 0.717) is 0 Å². The van der Waals surface area contributed by atoms with Gasteiger partial charge in [0, 0.05) is 9.35 Å². The average molecular weight is 345 g/mol. The van der Waals surface area contributed by atoms with Gasteiger partial charge in [0.1, 0.15) is 0 Å². The molecular formula is C14H15BrClNS. The lowest BCUT2D eigenvalue weighted by molar-refractivity contribution is 0.699. The van der Waals surface area contributed by atoms with Gasteiger partial charge in [0.2, 0.25) is 0 Å². The molecule has 0 amide bonds. The van der Waals surface area contributed by atoms with Crippen LogP contribution in [0.3, 0.4) is 0 Å². The summed E-state index contributed by atoms with van der Waals surface area (Å²) >= 11 is 11.3. The summed E-state index contributed by atoms with van der Waals surface area (Å²) in [6.45, 7) is 4.18. The van der Waals surface area contributed by atoms with Crippen molar-refractivity contribution in [1.29, 1.82) is 0 Å². The topological polar surface area (TPSA) is 12.0 Å². The number of hydrogen-bond acceptors (Lipinski definition) is 2. The first kappa shape index (κ1) is 14.1. The molecular weight excluding hydrogens is 330 g/mol. The van der Waals surface area contributed by atoms with Crippen LogP contribution in [-0.2, 0) is 0 Å². The molecule has 1 heterocycles. The zero-order chi connectivity index (χ0) is 13.3. The number of aryl methyl sites for hydroxylation is 2. The SMILES string of the molecule is CNC(c1cc(C)c(Cl)s1)c1ccc(Br)cc1C. The summed E-state index contributed by atoms with van der Waals surface area (Å²) in [7, 11) is 1.98. The van der Waals surface area contributed by atoms with Crippen molar-refractivity contribution in [2.75, 3.05) is 7.05 Å². The molecule has 0 aliphatic carbocycles. The predicted octanol–water partition coefficient (Wildman–Crippen LogP) is 5.09. The van der Waals surface area contributed by atoms with Gasteiger partial charge in [0.05, 0.1) is 10.4 Å². The van der Waals surface area contributed by atoms with Gasteiger partial charge in [-0.15, -0.1) is 11.3 Å². The van der Waals surface area contributed by atoms with Crippen LogP contribution in [0.5, 0.6) is 0 Å². The van der Waals surface area contributed by atoms with Gasteiger partial charge in [-0.25, -0.2) is 0 Å². The summed E-state index contributed by atoms with van der Waals surface area (Å²) in [5.74, 6) is 0. The fourth-order valence-corrected chi connectivity index (χ4v) is 3.86. The molecule has 1 nitrogen and oxygen atoms in total. The van der Waals surface area contributed by atoms with Crippen LogP contribution in [0.2, 0.25) is 4.34 Å². The van der Waals surface area contributed by atoms with E-state index in [9.17, 15) is 0 Å². The number of benzene rings is 1. The molecule has 0 saturated heterocycles. The monoisotopic (exact) mass is 343 g/mol. The Kier molecular flexibility index (Phi) is 4.49. The maximum absolute atomic E-state index is 6.17. The molecule has 0 spiro atoms. The Labute approximate surface area is 125 Å². The Morgan fingerprint density at radius 1 is 1.22 bits per heavy atom. The summed E-state index contributed by atoms with van der Waals surface area (Å²) in [6.07, 6.45) is 0. The summed E-state index contributed by atoms with van der Waals surface area (Å²) in [5, 5.41) is 3.37. The minimum atomic E-state index is 0.203. The lowest BCUT2D eigenvalue weighted by atomic mass is 10.00. The summed E-state index contributed by atoms with van der Waals surface area (Å²) in [4.78, 5) is 1.26. The minimum absolute atomic E-state index is 0.203. The minimum Gasteiger partial charge on any atom is -0.309 e. The molecule has 4 heteroatoms. The van der Waals surface area contributed by atoms with E-state index in [-0.39, 0.29) is 6.04 Å². The predicted molar refractivity (Wildman–Crippen MR) is 83.8 cm³/mol. The maximum Gasteiger partial charge on any atom is 0.0961 e. The van der Waals surface area contributed by atoms with Crippen molar-refractivity contribution in [1.82, 2.24) is 5.32 Å². The Morgan fingerprint density at radius 2 is 1.94 bits per heavy atom. The van der Waals surface area contributed by atoms with Crippen molar-refractivity contribution in [2.45, 2.75) is 19.9 Å². The molecule has 0 saturated carbocycles. The van der Waals surface area contributed by atoms with Crippen LogP contribution in [0.1, 0.15) is 27.6 Å². The standard InChI is InChI=1S/C14H15BrClNS/c1-8-6-10(15)4-5-11(8)13(17-3)12-7-9(2)14(16)18-12/h4-7,13,17H,1-3H3. The average Bonchev–Trinajstić information content (AvgIpc) is 2.63. The summed E-state index contributed by atoms with van der Waals surface area (Å²) in [5.41, 5.74) is 3.70. The third kappa shape index (κ3) is 2.80. The number of thiophene rings is 1. The smallest absolute Gasteiger partial charge is 0.0961 e. The van der Waals surface area contributed by atoms with Gasteiger partial charge < -0.3 is 5.32 Å². The molecule has 0 fully saturated rings. The molecule has 1 unspecified atom stereocenters. The Hall–Kier alpha value is -0.350. The van der Waals surface area contributed by atoms with E-state index in [0.717, 1.165) is 14.4 Å². The van der Waals surface area contributed by atoms with Crippen LogP contribution >= 0.6 is 38.9 Å². The molecule has 1 atom stereocenters. The second kappa shape index (κ2) is 5.74. The lowest BCUT2D eigenvalue weighted by Crippen LogP contribution is -2.17. The van der Waals surface area contributed by atoms with Crippen LogP contribution in [0.25, 0.3) is 0 Å². The van der Waals surface area contributed by atoms with Crippen LogP contribution in [0.15, 0.2) is 28.7 Å². The molecule has 96 valence electrons. The fourth-order valence-electron chi connectivity index (χ4n) is 2.04. The van der Waals surface area contributed by atoms with Gasteiger partial charge in [-0.2, -0.15) is 0 Å². The highest BCUT2D eigenvalue weighted by molar-refractivity contribution is 9.10. The second-order valence-electron chi connectivity index (χ2n) is 4.33. The quantitative estimate of drug-likeness (QED) is 0.818. The zero-order valence-electron chi connectivity index (χ0n) is 10.6. The second-order valence-corrected chi connectivity index (χ2v) is 6.93. The van der Waals surface area contributed by atoms with Gasteiger partial charge in [-0.3, -0.25) is 0 Å². The molecule has 1 N–H and O–H groups in total. The first-order valence-electron chi connectivity index (χ1n) is 5.72. The van der Waals surface area contributed by atoms with Gasteiger partial charge in [0.15, 0.2) is 0 Å². The molecule has 0 aliphatic heterocycles. The van der Waals surface area contributed by atoms with E-state index in [1.165, 1.54) is 16.0 Å². The van der Waals surface area contributed by atoms with Gasteiger partial charge >= 0.3 is 0 Å². The first-order valence-corrected chi connectivity index (χ1v) is 7.71. The van der Waals surface area contributed by atoms with Crippen LogP contribution in [0.4, 0.5) is 0 Å². The Bertz CT molecular complexity index is 545. The third-order valence-electron chi connectivity index (χ3n) is 2.99. The normalized spacial score (nSPS) is 12.7. The fraction of sp³-hybridized carbons (Fsp3) is 0.286. The van der Waals surface area contributed by atoms with Crippen molar-refractivity contribution in [3.63, 3.8) is 0 Å². The van der Waals surface area contributed by atoms with Crippen molar-refractivity contribution in [3.8, 4) is 0 Å². The molecule has 0 radical (unpaired) electrons. The number of nitrogens with one attached hydrogen (secondary N) is 1. The zero-order valence-corrected chi connectivity index (χ0v) is 13.7. The molecule has 1 aromatic heterocycles. The molecule has 2 rings (SSSR count). The van der Waals surface area contributed by atoms with Crippen molar-refractivity contribution < 1.29 is 0 Å². The van der Waals surface area contributed by atoms with E-state index in [4.69, 9.17) is 11.6 Å². The number of hydrogen-bond donors (Lipinski definition) is 1. The maximum atomic E-state index is 6.17. The summed E-state index contributed by atoms with van der Waals surface area (Å²) in [6, 6.07) is 8.74. The highest BCUT2D eigenvalue weighted by Crippen LogP contribution is 2.35. The van der Waals surface area contributed by atoms with E-state index in [1.807, 2.05) is 14.0 Å². The highest BCUT2D eigenvalue weighted by Gasteiger charge is 2.17. The summed E-state index contributed by atoms with van der Waals surface area (Å²) < 4.78 is 1.99. The molecule has 2 aromatic rings. The number of rotatable bonds is 3. The number of halogens is 2. The van der Waals surface area contributed by atoms with Crippen LogP contribution in [0, 0.1) is 13.8 Å². The van der Waals surface area contributed by atoms with E-state index >= 15 is 0 Å². The van der Waals surface area contributed by atoms with Crippen molar-refractivity contribution >= 4 is 38.9 Å². The van der Waals surface area contributed by atoms with Gasteiger partial charge in [-0.05, 0) is 55.8 Å². The van der Waals surface area contributed by atoms with Crippen LogP contribution in [-0.4, -0.2) is 7.05 Å². The van der Waals surface area contributed by atoms with Crippen molar-refractivity contribution in [2.24, 2.45) is 0 Å².